The van der Waals surface area contributed by atoms with Crippen LogP contribution in [0.15, 0.2) is 72.9 Å². The van der Waals surface area contributed by atoms with Crippen LogP contribution in [-0.2, 0) is 6.54 Å². The summed E-state index contributed by atoms with van der Waals surface area (Å²) in [6, 6.07) is 21.6. The molecule has 0 aliphatic carbocycles. The molecule has 0 unspecified atom stereocenters. The van der Waals surface area contributed by atoms with E-state index < -0.39 is 0 Å². The average Bonchev–Trinajstić information content (AvgIpc) is 3.47. The molecule has 0 radical (unpaired) electrons. The summed E-state index contributed by atoms with van der Waals surface area (Å²) in [6.07, 6.45) is 1.58. The Morgan fingerprint density at radius 3 is 2.44 bits per heavy atom. The Balaban J connectivity index is 1.22. The number of aryl methyl sites for hydroxylation is 2. The molecule has 1 saturated heterocycles. The van der Waals surface area contributed by atoms with Gasteiger partial charge in [-0.05, 0) is 67.4 Å². The maximum absolute atomic E-state index is 13.3. The fraction of sp³-hybridized carbons (Fsp3) is 0.281. The van der Waals surface area contributed by atoms with Crippen LogP contribution in [0, 0.1) is 13.8 Å². The molecule has 212 valence electrons. The van der Waals surface area contributed by atoms with Gasteiger partial charge in [0.1, 0.15) is 4.88 Å². The standard InChI is InChI=1S/C32H36N6O2S/c1-4-37-12-14-38(15-13-37)27-17-22(2)16-25(18-27)30(39)35-26-11-10-23(3)28(19-26)36-31(40)29-21-34-32(41-29)33-20-24-8-6-5-7-9-24/h5-11,16-19,21H,4,12-15,20H2,1-3H3,(H,33,34)(H,35,39)(H,36,40). The minimum atomic E-state index is -0.242. The van der Waals surface area contributed by atoms with Crippen LogP contribution in [0.5, 0.6) is 0 Å². The zero-order chi connectivity index (χ0) is 28.8. The third kappa shape index (κ3) is 7.31. The quantitative estimate of drug-likeness (QED) is 0.229. The van der Waals surface area contributed by atoms with Crippen LogP contribution in [0.3, 0.4) is 0 Å². The summed E-state index contributed by atoms with van der Waals surface area (Å²) in [5.74, 6) is -0.423. The van der Waals surface area contributed by atoms with Gasteiger partial charge in [0.25, 0.3) is 11.8 Å². The van der Waals surface area contributed by atoms with Crippen molar-refractivity contribution in [2.45, 2.75) is 27.3 Å². The summed E-state index contributed by atoms with van der Waals surface area (Å²) in [5, 5.41) is 9.94. The largest absolute Gasteiger partial charge is 0.369 e. The van der Waals surface area contributed by atoms with Crippen molar-refractivity contribution in [1.82, 2.24) is 9.88 Å². The van der Waals surface area contributed by atoms with Crippen molar-refractivity contribution in [3.8, 4) is 0 Å². The third-order valence-electron chi connectivity index (χ3n) is 7.27. The summed E-state index contributed by atoms with van der Waals surface area (Å²) in [5.41, 5.74) is 6.02. The Hall–Kier alpha value is -4.21. The van der Waals surface area contributed by atoms with Gasteiger partial charge in [-0.15, -0.1) is 0 Å². The first kappa shape index (κ1) is 28.3. The van der Waals surface area contributed by atoms with Crippen molar-refractivity contribution in [2.24, 2.45) is 0 Å². The number of aromatic nitrogens is 1. The Bertz CT molecular complexity index is 1510. The molecular formula is C32H36N6O2S. The molecule has 0 spiro atoms. The molecule has 41 heavy (non-hydrogen) atoms. The molecule has 3 N–H and O–H groups in total. The fourth-order valence-electron chi connectivity index (χ4n) is 4.85. The number of amides is 2. The zero-order valence-electron chi connectivity index (χ0n) is 23.7. The van der Waals surface area contributed by atoms with Crippen molar-refractivity contribution in [1.29, 1.82) is 0 Å². The van der Waals surface area contributed by atoms with E-state index in [1.54, 1.807) is 12.3 Å². The van der Waals surface area contributed by atoms with Crippen LogP contribution in [0.25, 0.3) is 0 Å². The molecule has 4 aromatic rings. The second-order valence-electron chi connectivity index (χ2n) is 10.3. The van der Waals surface area contributed by atoms with Crippen molar-refractivity contribution >= 4 is 45.3 Å². The van der Waals surface area contributed by atoms with Gasteiger partial charge in [0.05, 0.1) is 6.20 Å². The lowest BCUT2D eigenvalue weighted by atomic mass is 10.1. The van der Waals surface area contributed by atoms with Crippen LogP contribution in [0.4, 0.5) is 22.2 Å². The SMILES string of the molecule is CCN1CCN(c2cc(C)cc(C(=O)Nc3ccc(C)c(NC(=O)c4cnc(NCc5ccccc5)s4)c3)c2)CC1. The first-order valence-corrected chi connectivity index (χ1v) is 14.8. The van der Waals surface area contributed by atoms with E-state index in [1.165, 1.54) is 11.3 Å². The monoisotopic (exact) mass is 568 g/mol. The van der Waals surface area contributed by atoms with Gasteiger partial charge in [-0.1, -0.05) is 54.7 Å². The normalized spacial score (nSPS) is 13.6. The van der Waals surface area contributed by atoms with Crippen LogP contribution in [0.2, 0.25) is 0 Å². The van der Waals surface area contributed by atoms with Gasteiger partial charge in [-0.2, -0.15) is 0 Å². The number of piperazine rings is 1. The molecule has 1 aliphatic rings. The first-order valence-electron chi connectivity index (χ1n) is 13.9. The molecule has 0 bridgehead atoms. The molecule has 1 aromatic heterocycles. The summed E-state index contributed by atoms with van der Waals surface area (Å²) < 4.78 is 0. The maximum atomic E-state index is 13.3. The fourth-order valence-corrected chi connectivity index (χ4v) is 5.56. The number of nitrogens with zero attached hydrogens (tertiary/aromatic N) is 3. The number of rotatable bonds is 9. The van der Waals surface area contributed by atoms with E-state index in [0.29, 0.717) is 33.5 Å². The summed E-state index contributed by atoms with van der Waals surface area (Å²) in [7, 11) is 0. The Morgan fingerprint density at radius 1 is 0.902 bits per heavy atom. The molecule has 2 amide bonds. The molecule has 8 nitrogen and oxygen atoms in total. The lowest BCUT2D eigenvalue weighted by molar-refractivity contribution is 0.102. The van der Waals surface area contributed by atoms with E-state index in [2.05, 4.69) is 43.7 Å². The van der Waals surface area contributed by atoms with Crippen molar-refractivity contribution in [3.05, 3.63) is 100 Å². The summed E-state index contributed by atoms with van der Waals surface area (Å²) in [4.78, 5) is 35.9. The number of likely N-dealkylation sites (N-methyl/N-ethyl adjacent to an activating group) is 1. The predicted octanol–water partition coefficient (Wildman–Crippen LogP) is 6.02. The molecular weight excluding hydrogens is 532 g/mol. The minimum Gasteiger partial charge on any atom is -0.369 e. The lowest BCUT2D eigenvalue weighted by Gasteiger charge is -2.35. The number of hydrogen-bond donors (Lipinski definition) is 3. The molecule has 5 rings (SSSR count). The average molecular weight is 569 g/mol. The second-order valence-corrected chi connectivity index (χ2v) is 11.3. The Morgan fingerprint density at radius 2 is 1.68 bits per heavy atom. The topological polar surface area (TPSA) is 89.6 Å². The molecule has 3 aromatic carbocycles. The zero-order valence-corrected chi connectivity index (χ0v) is 24.6. The van der Waals surface area contributed by atoms with Gasteiger partial charge in [-0.3, -0.25) is 9.59 Å². The number of hydrogen-bond acceptors (Lipinski definition) is 7. The summed E-state index contributed by atoms with van der Waals surface area (Å²) in [6.45, 7) is 11.8. The van der Waals surface area contributed by atoms with E-state index in [0.717, 1.165) is 55.1 Å². The highest BCUT2D eigenvalue weighted by Crippen LogP contribution is 2.26. The van der Waals surface area contributed by atoms with E-state index >= 15 is 0 Å². The van der Waals surface area contributed by atoms with E-state index in [1.807, 2.05) is 68.4 Å². The predicted molar refractivity (Wildman–Crippen MR) is 168 cm³/mol. The van der Waals surface area contributed by atoms with E-state index in [-0.39, 0.29) is 11.8 Å². The van der Waals surface area contributed by atoms with Gasteiger partial charge in [-0.25, -0.2) is 4.98 Å². The number of anilines is 4. The van der Waals surface area contributed by atoms with Crippen LogP contribution >= 0.6 is 11.3 Å². The molecule has 2 heterocycles. The molecule has 1 fully saturated rings. The van der Waals surface area contributed by atoms with Gasteiger partial charge < -0.3 is 25.8 Å². The van der Waals surface area contributed by atoms with Crippen molar-refractivity contribution in [3.63, 3.8) is 0 Å². The highest BCUT2D eigenvalue weighted by atomic mass is 32.1. The minimum absolute atomic E-state index is 0.181. The van der Waals surface area contributed by atoms with Crippen LogP contribution in [-0.4, -0.2) is 54.4 Å². The van der Waals surface area contributed by atoms with Crippen LogP contribution in [0.1, 0.15) is 43.6 Å². The van der Waals surface area contributed by atoms with Crippen molar-refractivity contribution in [2.75, 3.05) is 53.6 Å². The number of nitrogens with one attached hydrogen (secondary N) is 3. The number of thiazole rings is 1. The van der Waals surface area contributed by atoms with Gasteiger partial charge in [0, 0.05) is 55.3 Å². The molecule has 1 aliphatic heterocycles. The molecule has 0 atom stereocenters. The van der Waals surface area contributed by atoms with Gasteiger partial charge >= 0.3 is 0 Å². The van der Waals surface area contributed by atoms with Gasteiger partial charge in [0.15, 0.2) is 5.13 Å². The first-order chi connectivity index (χ1) is 19.9. The van der Waals surface area contributed by atoms with Crippen molar-refractivity contribution < 1.29 is 9.59 Å². The van der Waals surface area contributed by atoms with E-state index in [9.17, 15) is 9.59 Å². The van der Waals surface area contributed by atoms with Crippen LogP contribution < -0.4 is 20.9 Å². The Kier molecular flexibility index (Phi) is 8.96. The number of carbonyl (C=O) groups is 2. The smallest absolute Gasteiger partial charge is 0.267 e. The molecule has 9 heteroatoms. The number of benzene rings is 3. The Labute approximate surface area is 245 Å². The highest BCUT2D eigenvalue weighted by Gasteiger charge is 2.18. The van der Waals surface area contributed by atoms with Gasteiger partial charge in [0.2, 0.25) is 0 Å². The number of carbonyl (C=O) groups excluding carboxylic acids is 2. The highest BCUT2D eigenvalue weighted by molar-refractivity contribution is 7.17. The molecule has 0 saturated carbocycles. The lowest BCUT2D eigenvalue weighted by Crippen LogP contribution is -2.46. The summed E-state index contributed by atoms with van der Waals surface area (Å²) >= 11 is 1.30. The third-order valence-corrected chi connectivity index (χ3v) is 8.22. The van der Waals surface area contributed by atoms with E-state index in [4.69, 9.17) is 0 Å². The second kappa shape index (κ2) is 13.0. The maximum Gasteiger partial charge on any atom is 0.267 e.